The second kappa shape index (κ2) is 8.42. The third kappa shape index (κ3) is 4.08. The van der Waals surface area contributed by atoms with Crippen molar-refractivity contribution < 1.29 is 36.7 Å². The number of fused-ring (bicyclic) bond motifs is 3. The van der Waals surface area contributed by atoms with Crippen LogP contribution in [-0.4, -0.2) is 46.6 Å². The van der Waals surface area contributed by atoms with Crippen LogP contribution in [0.5, 0.6) is 0 Å². The maximum absolute atomic E-state index is 13.7. The minimum atomic E-state index is -3.15. The van der Waals surface area contributed by atoms with Crippen molar-refractivity contribution in [3.8, 4) is 0 Å². The molecule has 3 aliphatic rings. The lowest BCUT2D eigenvalue weighted by molar-refractivity contribution is -0.164. The Kier molecular flexibility index (Phi) is 5.68. The zero-order valence-corrected chi connectivity index (χ0v) is 20.0. The van der Waals surface area contributed by atoms with E-state index in [-0.39, 0.29) is 28.4 Å². The summed E-state index contributed by atoms with van der Waals surface area (Å²) in [5, 5.41) is 6.97. The number of amides is 3. The smallest absolute Gasteiger partial charge is 0.294 e. The third-order valence-corrected chi connectivity index (χ3v) is 7.51. The van der Waals surface area contributed by atoms with Gasteiger partial charge >= 0.3 is 0 Å². The lowest BCUT2D eigenvalue weighted by Gasteiger charge is -2.45. The second-order valence-electron chi connectivity index (χ2n) is 10.0. The lowest BCUT2D eigenvalue weighted by atomic mass is 9.72. The van der Waals surface area contributed by atoms with Gasteiger partial charge in [-0.3, -0.25) is 19.2 Å². The molecule has 2 aliphatic carbocycles. The highest BCUT2D eigenvalue weighted by atomic mass is 19.3. The highest BCUT2D eigenvalue weighted by Crippen LogP contribution is 2.55. The molecule has 0 bridgehead atoms. The quantitative estimate of drug-likeness (QED) is 0.309. The number of anilines is 1. The first-order valence-corrected chi connectivity index (χ1v) is 11.8. The van der Waals surface area contributed by atoms with Crippen LogP contribution in [-0.2, 0) is 16.1 Å². The molecule has 1 aromatic heterocycles. The van der Waals surface area contributed by atoms with Gasteiger partial charge in [-0.25, -0.2) is 17.6 Å². The summed E-state index contributed by atoms with van der Waals surface area (Å²) in [6.45, 7) is 1.86. The summed E-state index contributed by atoms with van der Waals surface area (Å²) >= 11 is 0. The molecule has 0 saturated heterocycles. The van der Waals surface area contributed by atoms with Crippen LogP contribution in [0.3, 0.4) is 0 Å². The predicted octanol–water partition coefficient (Wildman–Crippen LogP) is 3.05. The van der Waals surface area contributed by atoms with E-state index in [2.05, 4.69) is 16.0 Å². The molecule has 0 spiro atoms. The van der Waals surface area contributed by atoms with Gasteiger partial charge in [0.2, 0.25) is 5.91 Å². The molecule has 1 unspecified atom stereocenters. The average Bonchev–Trinajstić information content (AvgIpc) is 3.54. The van der Waals surface area contributed by atoms with Crippen molar-refractivity contribution in [1.29, 1.82) is 0 Å². The number of ketones is 1. The van der Waals surface area contributed by atoms with Crippen molar-refractivity contribution >= 4 is 29.2 Å². The van der Waals surface area contributed by atoms with Gasteiger partial charge in [-0.1, -0.05) is 0 Å². The minimum Gasteiger partial charge on any atom is -0.357 e. The van der Waals surface area contributed by atoms with Crippen LogP contribution in [0.1, 0.15) is 63.7 Å². The first-order chi connectivity index (χ1) is 17.4. The number of likely N-dealkylation sites (N-methyl/N-ethyl adjacent to an activating group) is 1. The van der Waals surface area contributed by atoms with Gasteiger partial charge in [0.15, 0.2) is 11.6 Å². The summed E-state index contributed by atoms with van der Waals surface area (Å²) in [7, 11) is 1.24. The van der Waals surface area contributed by atoms with Crippen LogP contribution in [0.15, 0.2) is 18.2 Å². The molecule has 2 aromatic rings. The zero-order chi connectivity index (χ0) is 26.9. The first-order valence-electron chi connectivity index (χ1n) is 11.8. The van der Waals surface area contributed by atoms with Gasteiger partial charge in [-0.2, -0.15) is 0 Å². The minimum absolute atomic E-state index is 0.00898. The molecule has 2 atom stereocenters. The number of hydrogen-bond donors (Lipinski definition) is 3. The zero-order valence-electron chi connectivity index (χ0n) is 20.0. The van der Waals surface area contributed by atoms with Crippen molar-refractivity contribution in [1.82, 2.24) is 15.2 Å². The Morgan fingerprint density at radius 3 is 2.41 bits per heavy atom. The van der Waals surface area contributed by atoms with Crippen LogP contribution in [0.2, 0.25) is 0 Å². The predicted molar refractivity (Wildman–Crippen MR) is 122 cm³/mol. The van der Waals surface area contributed by atoms with Crippen LogP contribution in [0.4, 0.5) is 23.2 Å². The van der Waals surface area contributed by atoms with E-state index in [1.807, 2.05) is 0 Å². The number of benzene rings is 1. The molecule has 3 N–H and O–H groups in total. The van der Waals surface area contributed by atoms with Crippen LogP contribution < -0.4 is 16.0 Å². The summed E-state index contributed by atoms with van der Waals surface area (Å²) in [6, 6.07) is 2.90. The van der Waals surface area contributed by atoms with Crippen molar-refractivity contribution in [3.63, 3.8) is 0 Å². The molecule has 2 saturated carbocycles. The highest BCUT2D eigenvalue weighted by Gasteiger charge is 2.62. The van der Waals surface area contributed by atoms with Gasteiger partial charge in [-0.15, -0.1) is 0 Å². The van der Waals surface area contributed by atoms with E-state index < -0.39 is 59.4 Å². The van der Waals surface area contributed by atoms with Gasteiger partial charge in [0, 0.05) is 49.8 Å². The standard InChI is InChI=1S/C25H24F4N4O4/c1-11-17(21(35)31-13-3-4-15(26)16(27)8-13)19-14-7-12(14)5-6-33(19)18(11)20(34)22(36)32-24(23(37)30-2)9-25(28,29)10-24/h3-4,8,12,14H,5-7,9-10H2,1-2H3,(H,30,37)(H,31,35)(H,32,36)/t12?,14-/m1/s1. The van der Waals surface area contributed by atoms with E-state index in [4.69, 9.17) is 0 Å². The second-order valence-corrected chi connectivity index (χ2v) is 10.0. The van der Waals surface area contributed by atoms with Crippen LogP contribution in [0, 0.1) is 24.5 Å². The van der Waals surface area contributed by atoms with E-state index in [1.54, 1.807) is 4.57 Å². The third-order valence-electron chi connectivity index (χ3n) is 7.51. The van der Waals surface area contributed by atoms with Crippen molar-refractivity contribution in [2.24, 2.45) is 5.92 Å². The molecule has 12 heteroatoms. The van der Waals surface area contributed by atoms with Crippen molar-refractivity contribution in [3.05, 3.63) is 52.3 Å². The monoisotopic (exact) mass is 520 g/mol. The number of Topliss-reactive ketones (excluding diaryl/α,β-unsaturated/α-hetero) is 1. The molecule has 2 fully saturated rings. The van der Waals surface area contributed by atoms with E-state index in [0.29, 0.717) is 18.2 Å². The number of alkyl halides is 2. The van der Waals surface area contributed by atoms with Crippen LogP contribution >= 0.6 is 0 Å². The first kappa shape index (κ1) is 25.0. The highest BCUT2D eigenvalue weighted by molar-refractivity contribution is 6.43. The molecule has 2 heterocycles. The van der Waals surface area contributed by atoms with E-state index >= 15 is 0 Å². The number of aromatic nitrogens is 1. The SMILES string of the molecule is CNC(=O)C1(NC(=O)C(=O)c2c(C)c(C(=O)Nc3ccc(F)c(F)c3)c3n2CCC2C[C@@H]32)CC(F)(F)C1. The maximum atomic E-state index is 13.7. The summed E-state index contributed by atoms with van der Waals surface area (Å²) in [4.78, 5) is 51.9. The molecule has 0 radical (unpaired) electrons. The number of nitrogens with zero attached hydrogens (tertiary/aromatic N) is 1. The normalized spacial score (nSPS) is 22.1. The van der Waals surface area contributed by atoms with E-state index in [1.165, 1.54) is 20.0 Å². The Hall–Kier alpha value is -3.70. The Morgan fingerprint density at radius 2 is 1.78 bits per heavy atom. The Labute approximate surface area is 208 Å². The largest absolute Gasteiger partial charge is 0.357 e. The fraction of sp³-hybridized carbons (Fsp3) is 0.440. The van der Waals surface area contributed by atoms with Gasteiger partial charge in [0.1, 0.15) is 5.54 Å². The fourth-order valence-corrected chi connectivity index (χ4v) is 5.69. The summed E-state index contributed by atoms with van der Waals surface area (Å²) < 4.78 is 55.9. The molecule has 196 valence electrons. The van der Waals surface area contributed by atoms with E-state index in [0.717, 1.165) is 25.0 Å². The number of nitrogens with one attached hydrogen (secondary N) is 3. The number of hydrogen-bond acceptors (Lipinski definition) is 4. The van der Waals surface area contributed by atoms with Gasteiger partial charge in [0.05, 0.1) is 11.3 Å². The van der Waals surface area contributed by atoms with Gasteiger partial charge in [-0.05, 0) is 43.4 Å². The summed E-state index contributed by atoms with van der Waals surface area (Å²) in [5.41, 5.74) is -1.03. The molecule has 5 rings (SSSR count). The Bertz CT molecular complexity index is 1360. The average molecular weight is 520 g/mol. The summed E-state index contributed by atoms with van der Waals surface area (Å²) in [6.07, 6.45) is -0.346. The number of carbonyl (C=O) groups excluding carboxylic acids is 4. The van der Waals surface area contributed by atoms with Crippen molar-refractivity contribution in [2.75, 3.05) is 12.4 Å². The lowest BCUT2D eigenvalue weighted by Crippen LogP contribution is -2.69. The maximum Gasteiger partial charge on any atom is 0.294 e. The number of halogens is 4. The molecular formula is C25H24F4N4O4. The summed E-state index contributed by atoms with van der Waals surface area (Å²) in [5.74, 6) is -8.83. The number of carbonyl (C=O) groups is 4. The van der Waals surface area contributed by atoms with E-state index in [9.17, 15) is 36.7 Å². The topological polar surface area (TPSA) is 109 Å². The Balaban J connectivity index is 1.47. The van der Waals surface area contributed by atoms with Crippen LogP contribution in [0.25, 0.3) is 0 Å². The van der Waals surface area contributed by atoms with Gasteiger partial charge in [0.25, 0.3) is 23.5 Å². The molecule has 37 heavy (non-hydrogen) atoms. The van der Waals surface area contributed by atoms with Crippen molar-refractivity contribution in [2.45, 2.75) is 56.5 Å². The van der Waals surface area contributed by atoms with Gasteiger partial charge < -0.3 is 20.5 Å². The molecule has 1 aromatic carbocycles. The molecule has 1 aliphatic heterocycles. The molecule has 3 amide bonds. The fourth-order valence-electron chi connectivity index (χ4n) is 5.69. The number of rotatable bonds is 6. The Morgan fingerprint density at radius 1 is 1.08 bits per heavy atom. The molecular weight excluding hydrogens is 496 g/mol. The molecule has 8 nitrogen and oxygen atoms in total.